The largest absolute Gasteiger partial charge is 0.394 e. The van der Waals surface area contributed by atoms with E-state index in [1.54, 1.807) is 44.2 Å². The monoisotopic (exact) mass is 1330 g/mol. The van der Waals surface area contributed by atoms with Gasteiger partial charge in [0.15, 0.2) is 0 Å². The van der Waals surface area contributed by atoms with Crippen LogP contribution in [0.2, 0.25) is 0 Å². The van der Waals surface area contributed by atoms with Crippen LogP contribution in [-0.4, -0.2) is 260 Å². The summed E-state index contributed by atoms with van der Waals surface area (Å²) in [6, 6.07) is 0. The number of rotatable bonds is 49. The molecule has 25 unspecified atom stereocenters. The van der Waals surface area contributed by atoms with Crippen molar-refractivity contribution in [3.8, 4) is 0 Å². The quantitative estimate of drug-likeness (QED) is 0.0233. The first-order chi connectivity index (χ1) is 44.1. The lowest BCUT2D eigenvalue weighted by Crippen LogP contribution is -2.59. The maximum atomic E-state index is 11.2. The third kappa shape index (κ3) is 34.5. The Morgan fingerprint density at radius 3 is 1.58 bits per heavy atom. The number of hydrogen-bond donors (Lipinski definition) is 21. The summed E-state index contributed by atoms with van der Waals surface area (Å²) in [6.45, 7) is 10.3. The van der Waals surface area contributed by atoms with E-state index in [0.29, 0.717) is 69.8 Å². The van der Waals surface area contributed by atoms with Gasteiger partial charge in [-0.05, 0) is 134 Å². The van der Waals surface area contributed by atoms with Crippen molar-refractivity contribution in [1.82, 2.24) is 0 Å². The van der Waals surface area contributed by atoms with Crippen LogP contribution in [0.5, 0.6) is 0 Å². The molecule has 23 heteroatoms. The fourth-order valence-electron chi connectivity index (χ4n) is 11.1. The molecule has 0 amide bonds. The molecule has 0 radical (unpaired) electrons. The van der Waals surface area contributed by atoms with Crippen molar-refractivity contribution >= 4 is 0 Å². The second-order valence-electron chi connectivity index (χ2n) is 25.3. The van der Waals surface area contributed by atoms with E-state index in [-0.39, 0.29) is 76.4 Å². The normalized spacial score (nSPS) is 26.9. The molecule has 2 saturated heterocycles. The van der Waals surface area contributed by atoms with Crippen LogP contribution in [0.25, 0.3) is 0 Å². The summed E-state index contributed by atoms with van der Waals surface area (Å²) >= 11 is 0. The van der Waals surface area contributed by atoms with Crippen molar-refractivity contribution in [1.29, 1.82) is 0 Å². The highest BCUT2D eigenvalue weighted by Gasteiger charge is 2.47. The molecule has 25 atom stereocenters. The molecule has 2 rings (SSSR count). The van der Waals surface area contributed by atoms with Gasteiger partial charge in [0, 0.05) is 25.2 Å². The SMILES string of the molecule is C=C/C=C/CC/C=C/C=C/C=C/CC/C=C/C(O)C(O)C1OC(C(O)C(O)C(=C)CCC(O)C2CC(O)C(O)C(C(O)C(O)/C=C(\C)CCC(O)CC(O)C(O)C(C)C(O)CCCC(O)CCCC(O)CCCC(O)/C=C/CC(O)/C=C/CC(O)CO)O2)CC(O)C1O. The van der Waals surface area contributed by atoms with Gasteiger partial charge >= 0.3 is 0 Å². The predicted molar refractivity (Wildman–Crippen MR) is 352 cm³/mol. The lowest BCUT2D eigenvalue weighted by Gasteiger charge is -2.42. The molecule has 2 aliphatic heterocycles. The van der Waals surface area contributed by atoms with Crippen molar-refractivity contribution in [3.05, 3.63) is 122 Å². The molecule has 2 fully saturated rings. The van der Waals surface area contributed by atoms with E-state index < -0.39 is 152 Å². The molecule has 0 bridgehead atoms. The van der Waals surface area contributed by atoms with Crippen LogP contribution in [0.15, 0.2) is 122 Å². The van der Waals surface area contributed by atoms with Gasteiger partial charge in [0.2, 0.25) is 0 Å². The molecule has 0 saturated carbocycles. The second kappa shape index (κ2) is 48.2. The van der Waals surface area contributed by atoms with E-state index >= 15 is 0 Å². The molecule has 21 N–H and O–H groups in total. The van der Waals surface area contributed by atoms with Crippen LogP contribution < -0.4 is 0 Å². The number of aliphatic hydroxyl groups excluding tert-OH is 21. The molecule has 0 aromatic rings. The van der Waals surface area contributed by atoms with Crippen molar-refractivity contribution < 1.29 is 117 Å². The van der Waals surface area contributed by atoms with Crippen LogP contribution in [-0.2, 0) is 9.47 Å². The number of ether oxygens (including phenoxy) is 2. The molecular formula is C70H118O23. The van der Waals surface area contributed by atoms with E-state index in [0.717, 1.165) is 12.8 Å². The van der Waals surface area contributed by atoms with Crippen molar-refractivity contribution in [2.24, 2.45) is 5.92 Å². The van der Waals surface area contributed by atoms with Crippen LogP contribution >= 0.6 is 0 Å². The van der Waals surface area contributed by atoms with Gasteiger partial charge in [0.05, 0.1) is 92.1 Å². The van der Waals surface area contributed by atoms with Gasteiger partial charge in [-0.1, -0.05) is 123 Å². The van der Waals surface area contributed by atoms with Gasteiger partial charge < -0.3 is 117 Å². The molecule has 0 aliphatic carbocycles. The van der Waals surface area contributed by atoms with Crippen LogP contribution in [0.1, 0.15) is 155 Å². The van der Waals surface area contributed by atoms with Gasteiger partial charge in [0.25, 0.3) is 0 Å². The van der Waals surface area contributed by atoms with Gasteiger partial charge in [-0.25, -0.2) is 0 Å². The van der Waals surface area contributed by atoms with Crippen molar-refractivity contribution in [2.45, 2.75) is 302 Å². The fourth-order valence-corrected chi connectivity index (χ4v) is 11.1. The smallest absolute Gasteiger partial charge is 0.115 e. The van der Waals surface area contributed by atoms with Crippen LogP contribution in [0.3, 0.4) is 0 Å². The lowest BCUT2D eigenvalue weighted by molar-refractivity contribution is -0.234. The van der Waals surface area contributed by atoms with Gasteiger partial charge in [-0.2, -0.15) is 0 Å². The Morgan fingerprint density at radius 1 is 0.495 bits per heavy atom. The second-order valence-corrected chi connectivity index (χ2v) is 25.3. The minimum Gasteiger partial charge on any atom is -0.394 e. The lowest BCUT2D eigenvalue weighted by atomic mass is 9.87. The fraction of sp³-hybridized carbons (Fsp3) is 0.714. The Bertz CT molecular complexity index is 2240. The van der Waals surface area contributed by atoms with E-state index in [4.69, 9.17) is 14.6 Å². The Kier molecular flexibility index (Phi) is 44.4. The van der Waals surface area contributed by atoms with Crippen molar-refractivity contribution in [2.75, 3.05) is 6.61 Å². The minimum atomic E-state index is -1.83. The highest BCUT2D eigenvalue weighted by Crippen LogP contribution is 2.32. The first kappa shape index (κ1) is 85.6. The molecule has 23 nitrogen and oxygen atoms in total. The standard InChI is InChI=1S/C70H118O23/c1-5-6-7-8-9-10-11-12-13-14-15-16-17-18-33-55(80)64(87)69-67(90)59(84)42-61(93-69)68(91)62(85)45(3)36-38-54(79)60-41-58(83)66(89)70(92-60)65(88)56(81)39-44(2)35-37-51(76)40-57(82)63(86)46(4)53(78)34-23-31-50(75)29-21-27-48(73)25-19-24-47(72)26-20-28-49(74)30-22-32-52(77)43-71/h5-7,10-15,18,20,22,26,30,33,39,46-91H,1,3,8-9,16-17,19,21,23-25,27-29,31-32,34-38,40-43H2,2,4H3/b7-6+,11-10+,13-12+,15-14+,26-20+,30-22+,33-18+,44-39+. The van der Waals surface area contributed by atoms with E-state index in [1.807, 2.05) is 42.5 Å². The first-order valence-corrected chi connectivity index (χ1v) is 33.3. The molecule has 2 aliphatic rings. The third-order valence-electron chi connectivity index (χ3n) is 17.2. The predicted octanol–water partition coefficient (Wildman–Crippen LogP) is 1.53. The number of aliphatic hydroxyl groups is 21. The summed E-state index contributed by atoms with van der Waals surface area (Å²) < 4.78 is 11.6. The maximum Gasteiger partial charge on any atom is 0.115 e. The Balaban J connectivity index is 1.77. The van der Waals surface area contributed by atoms with E-state index in [2.05, 4.69) is 19.2 Å². The van der Waals surface area contributed by atoms with Gasteiger partial charge in [-0.15, -0.1) is 0 Å². The number of allylic oxidation sites excluding steroid dienone is 11. The van der Waals surface area contributed by atoms with E-state index in [9.17, 15) is 102 Å². The molecule has 0 spiro atoms. The average molecular weight is 1330 g/mol. The first-order valence-electron chi connectivity index (χ1n) is 33.3. The van der Waals surface area contributed by atoms with E-state index in [1.165, 1.54) is 18.2 Å². The molecule has 93 heavy (non-hydrogen) atoms. The summed E-state index contributed by atoms with van der Waals surface area (Å²) in [6.07, 6.45) is 1.73. The highest BCUT2D eigenvalue weighted by molar-refractivity contribution is 5.13. The Morgan fingerprint density at radius 2 is 1.00 bits per heavy atom. The molecular weight excluding hydrogens is 1210 g/mol. The van der Waals surface area contributed by atoms with Crippen molar-refractivity contribution in [3.63, 3.8) is 0 Å². The molecule has 536 valence electrons. The summed E-state index contributed by atoms with van der Waals surface area (Å²) in [5, 5.41) is 223. The zero-order valence-corrected chi connectivity index (χ0v) is 54.6. The minimum absolute atomic E-state index is 0.00504. The molecule has 2 heterocycles. The summed E-state index contributed by atoms with van der Waals surface area (Å²) in [5.41, 5.74) is 0.481. The topological polar surface area (TPSA) is 443 Å². The number of hydrogen-bond acceptors (Lipinski definition) is 23. The number of unbranched alkanes of at least 4 members (excludes halogenated alkanes) is 2. The zero-order valence-electron chi connectivity index (χ0n) is 54.6. The van der Waals surface area contributed by atoms with Gasteiger partial charge in [0.1, 0.15) is 61.0 Å². The molecule has 0 aromatic heterocycles. The summed E-state index contributed by atoms with van der Waals surface area (Å²) in [5.74, 6) is -0.794. The highest BCUT2D eigenvalue weighted by atomic mass is 16.6. The Labute approximate surface area is 550 Å². The van der Waals surface area contributed by atoms with Crippen LogP contribution in [0, 0.1) is 5.92 Å². The third-order valence-corrected chi connectivity index (χ3v) is 17.2. The Hall–Kier alpha value is -3.52. The molecule has 0 aromatic carbocycles. The maximum absolute atomic E-state index is 11.2. The van der Waals surface area contributed by atoms with Gasteiger partial charge in [-0.3, -0.25) is 0 Å². The summed E-state index contributed by atoms with van der Waals surface area (Å²) in [7, 11) is 0. The van der Waals surface area contributed by atoms with Crippen LogP contribution in [0.4, 0.5) is 0 Å². The average Bonchev–Trinajstić information content (AvgIpc) is 0.848. The summed E-state index contributed by atoms with van der Waals surface area (Å²) in [4.78, 5) is 0. The zero-order chi connectivity index (χ0) is 69.6.